The fourth-order valence-electron chi connectivity index (χ4n) is 2.08. The third kappa shape index (κ3) is 2.21. The number of rotatable bonds is 2. The first kappa shape index (κ1) is 11.8. The molecule has 0 aromatic heterocycles. The molecule has 0 aromatic rings. The Labute approximate surface area is 95.6 Å². The molecule has 6 nitrogen and oxygen atoms in total. The summed E-state index contributed by atoms with van der Waals surface area (Å²) >= 11 is 0. The molecule has 0 aromatic carbocycles. The van der Waals surface area contributed by atoms with Crippen LogP contribution in [-0.4, -0.2) is 68.6 Å². The topological polar surface area (TPSA) is 69.7 Å². The van der Waals surface area contributed by atoms with Crippen molar-refractivity contribution in [1.82, 2.24) is 14.5 Å². The average Bonchev–Trinajstić information content (AvgIpc) is 2.48. The van der Waals surface area contributed by atoms with Crippen LogP contribution < -0.4 is 5.32 Å². The number of hydrogen-bond donors (Lipinski definition) is 1. The Morgan fingerprint density at radius 2 is 2.25 bits per heavy atom. The fraction of sp³-hybridized carbons (Fsp3) is 0.889. The first-order valence-corrected chi connectivity index (χ1v) is 7.06. The van der Waals surface area contributed by atoms with Gasteiger partial charge in [0.1, 0.15) is 0 Å². The lowest BCUT2D eigenvalue weighted by Crippen LogP contribution is -2.54. The monoisotopic (exact) mass is 247 g/mol. The van der Waals surface area contributed by atoms with E-state index in [0.717, 1.165) is 23.9 Å². The first-order chi connectivity index (χ1) is 7.50. The average molecular weight is 247 g/mol. The van der Waals surface area contributed by atoms with Gasteiger partial charge in [-0.2, -0.15) is 0 Å². The van der Waals surface area contributed by atoms with Crippen molar-refractivity contribution in [2.75, 3.05) is 39.0 Å². The minimum absolute atomic E-state index is 0.0320. The zero-order chi connectivity index (χ0) is 11.8. The largest absolute Gasteiger partial charge is 0.314 e. The molecule has 92 valence electrons. The number of hydrogen-bond acceptors (Lipinski definition) is 5. The smallest absolute Gasteiger partial charge is 0.237 e. The minimum atomic E-state index is -3.33. The molecular weight excluding hydrogens is 230 g/mol. The van der Waals surface area contributed by atoms with E-state index in [1.54, 1.807) is 0 Å². The molecule has 2 rings (SSSR count). The summed E-state index contributed by atoms with van der Waals surface area (Å²) < 4.78 is 24.3. The molecule has 1 amide bonds. The van der Waals surface area contributed by atoms with E-state index in [4.69, 9.17) is 0 Å². The second-order valence-corrected chi connectivity index (χ2v) is 6.34. The number of nitrogens with zero attached hydrogens (tertiary/aromatic N) is 2. The van der Waals surface area contributed by atoms with Crippen LogP contribution in [-0.2, 0) is 14.8 Å². The molecule has 1 atom stereocenters. The highest BCUT2D eigenvalue weighted by Gasteiger charge is 2.37. The van der Waals surface area contributed by atoms with Gasteiger partial charge in [0.2, 0.25) is 15.9 Å². The number of likely N-dealkylation sites (N-methyl/N-ethyl adjacent to an activating group) is 1. The predicted molar refractivity (Wildman–Crippen MR) is 59.4 cm³/mol. The van der Waals surface area contributed by atoms with Crippen molar-refractivity contribution in [2.24, 2.45) is 0 Å². The van der Waals surface area contributed by atoms with E-state index in [9.17, 15) is 13.2 Å². The van der Waals surface area contributed by atoms with Crippen LogP contribution in [0.15, 0.2) is 0 Å². The summed E-state index contributed by atoms with van der Waals surface area (Å²) in [7, 11) is -1.37. The van der Waals surface area contributed by atoms with Crippen LogP contribution in [0.4, 0.5) is 0 Å². The third-order valence-electron chi connectivity index (χ3n) is 3.21. The van der Waals surface area contributed by atoms with Crippen molar-refractivity contribution in [1.29, 1.82) is 0 Å². The second kappa shape index (κ2) is 4.31. The predicted octanol–water partition coefficient (Wildman–Crippen LogP) is -1.55. The van der Waals surface area contributed by atoms with Gasteiger partial charge in [-0.25, -0.2) is 12.7 Å². The van der Waals surface area contributed by atoms with Crippen LogP contribution in [0.5, 0.6) is 0 Å². The van der Waals surface area contributed by atoms with Gasteiger partial charge < -0.3 is 5.32 Å². The van der Waals surface area contributed by atoms with E-state index >= 15 is 0 Å². The Kier molecular flexibility index (Phi) is 3.18. The Morgan fingerprint density at radius 3 is 2.81 bits per heavy atom. The first-order valence-electron chi connectivity index (χ1n) is 5.45. The highest BCUT2D eigenvalue weighted by molar-refractivity contribution is 7.90. The van der Waals surface area contributed by atoms with E-state index in [-0.39, 0.29) is 30.7 Å². The van der Waals surface area contributed by atoms with Gasteiger partial charge in [0, 0.05) is 32.1 Å². The van der Waals surface area contributed by atoms with Gasteiger partial charge in [-0.1, -0.05) is 0 Å². The molecule has 0 bridgehead atoms. The Hall–Kier alpha value is -0.660. The number of amides is 1. The summed E-state index contributed by atoms with van der Waals surface area (Å²) in [6.07, 6.45) is 0.131. The van der Waals surface area contributed by atoms with Crippen molar-refractivity contribution in [3.8, 4) is 0 Å². The van der Waals surface area contributed by atoms with Crippen LogP contribution in [0, 0.1) is 0 Å². The van der Waals surface area contributed by atoms with Crippen LogP contribution in [0.2, 0.25) is 0 Å². The number of carbonyl (C=O) groups excluding carboxylic acids is 1. The highest BCUT2D eigenvalue weighted by Crippen LogP contribution is 2.16. The van der Waals surface area contributed by atoms with Gasteiger partial charge in [0.15, 0.2) is 0 Å². The van der Waals surface area contributed by atoms with Gasteiger partial charge in [0.05, 0.1) is 12.3 Å². The van der Waals surface area contributed by atoms with Gasteiger partial charge in [-0.05, 0) is 7.05 Å². The van der Waals surface area contributed by atoms with Gasteiger partial charge in [0.25, 0.3) is 0 Å². The zero-order valence-electron chi connectivity index (χ0n) is 9.35. The fourth-order valence-corrected chi connectivity index (χ4v) is 3.53. The molecule has 0 spiro atoms. The Balaban J connectivity index is 2.05. The maximum atomic E-state index is 11.6. The van der Waals surface area contributed by atoms with Gasteiger partial charge in [-0.15, -0.1) is 0 Å². The van der Waals surface area contributed by atoms with E-state index < -0.39 is 10.0 Å². The molecule has 7 heteroatoms. The molecule has 1 unspecified atom stereocenters. The van der Waals surface area contributed by atoms with E-state index in [1.165, 1.54) is 0 Å². The third-order valence-corrected chi connectivity index (χ3v) is 4.95. The van der Waals surface area contributed by atoms with Gasteiger partial charge in [-0.3, -0.25) is 9.69 Å². The Bertz CT molecular complexity index is 381. The molecule has 0 radical (unpaired) electrons. The van der Waals surface area contributed by atoms with Crippen molar-refractivity contribution >= 4 is 15.9 Å². The molecule has 2 aliphatic heterocycles. The summed E-state index contributed by atoms with van der Waals surface area (Å²) in [6.45, 7) is 2.81. The molecule has 0 aliphatic carbocycles. The number of piperazine rings is 1. The van der Waals surface area contributed by atoms with Crippen molar-refractivity contribution in [3.05, 3.63) is 0 Å². The Morgan fingerprint density at radius 1 is 1.50 bits per heavy atom. The summed E-state index contributed by atoms with van der Waals surface area (Å²) in [5.41, 5.74) is 0. The van der Waals surface area contributed by atoms with E-state index in [2.05, 4.69) is 10.2 Å². The maximum Gasteiger partial charge on any atom is 0.237 e. The minimum Gasteiger partial charge on any atom is -0.314 e. The molecule has 0 saturated carbocycles. The maximum absolute atomic E-state index is 11.6. The van der Waals surface area contributed by atoms with Crippen LogP contribution in [0.3, 0.4) is 0 Å². The number of carbonyl (C=O) groups is 1. The van der Waals surface area contributed by atoms with E-state index in [0.29, 0.717) is 0 Å². The lowest BCUT2D eigenvalue weighted by Gasteiger charge is -2.34. The number of sulfonamides is 1. The van der Waals surface area contributed by atoms with Gasteiger partial charge >= 0.3 is 0 Å². The zero-order valence-corrected chi connectivity index (χ0v) is 10.2. The molecule has 2 aliphatic rings. The SMILES string of the molecule is CN1CCNCC1CN1C(=O)CCS1(=O)=O. The molecular formula is C9H17N3O3S. The normalized spacial score (nSPS) is 30.9. The molecule has 2 saturated heterocycles. The standard InChI is InChI=1S/C9H17N3O3S/c1-11-4-3-10-6-8(11)7-12-9(13)2-5-16(12,14)15/h8,10H,2-7H2,1H3. The lowest BCUT2D eigenvalue weighted by atomic mass is 10.2. The molecule has 2 heterocycles. The second-order valence-electron chi connectivity index (χ2n) is 4.33. The highest BCUT2D eigenvalue weighted by atomic mass is 32.2. The van der Waals surface area contributed by atoms with Crippen LogP contribution in [0.1, 0.15) is 6.42 Å². The van der Waals surface area contributed by atoms with Crippen molar-refractivity contribution in [2.45, 2.75) is 12.5 Å². The van der Waals surface area contributed by atoms with Crippen LogP contribution >= 0.6 is 0 Å². The van der Waals surface area contributed by atoms with Crippen LogP contribution in [0.25, 0.3) is 0 Å². The van der Waals surface area contributed by atoms with E-state index in [1.807, 2.05) is 7.05 Å². The molecule has 16 heavy (non-hydrogen) atoms. The quantitative estimate of drug-likeness (QED) is 0.640. The van der Waals surface area contributed by atoms with Crippen molar-refractivity contribution < 1.29 is 13.2 Å². The number of nitrogens with one attached hydrogen (secondary N) is 1. The summed E-state index contributed by atoms with van der Waals surface area (Å²) in [5.74, 6) is -0.297. The summed E-state index contributed by atoms with van der Waals surface area (Å²) in [5, 5.41) is 3.21. The van der Waals surface area contributed by atoms with Crippen molar-refractivity contribution in [3.63, 3.8) is 0 Å². The molecule has 2 fully saturated rings. The summed E-state index contributed by atoms with van der Waals surface area (Å²) in [6, 6.07) is 0.0885. The molecule has 1 N–H and O–H groups in total. The summed E-state index contributed by atoms with van der Waals surface area (Å²) in [4.78, 5) is 13.6. The lowest BCUT2D eigenvalue weighted by molar-refractivity contribution is -0.125.